The predicted molar refractivity (Wildman–Crippen MR) is 73.6 cm³/mol. The van der Waals surface area contributed by atoms with Crippen LogP contribution < -0.4 is 0 Å². The summed E-state index contributed by atoms with van der Waals surface area (Å²) in [6, 6.07) is 5.45. The third-order valence-electron chi connectivity index (χ3n) is 3.29. The summed E-state index contributed by atoms with van der Waals surface area (Å²) in [5.41, 5.74) is 2.45. The molecule has 1 aliphatic carbocycles. The van der Waals surface area contributed by atoms with Crippen LogP contribution >= 0.6 is 11.6 Å². The Hall–Kier alpha value is -0.580. The molecule has 0 aliphatic heterocycles. The van der Waals surface area contributed by atoms with Crippen molar-refractivity contribution in [3.63, 3.8) is 0 Å². The van der Waals surface area contributed by atoms with Crippen LogP contribution in [0.1, 0.15) is 24.5 Å². The summed E-state index contributed by atoms with van der Waals surface area (Å²) < 4.78 is 26.0. The largest absolute Gasteiger partial charge is 0.242 e. The molecule has 5 heteroatoms. The van der Waals surface area contributed by atoms with E-state index in [0.717, 1.165) is 19.3 Å². The fourth-order valence-corrected chi connectivity index (χ4v) is 3.94. The highest BCUT2D eigenvalue weighted by Crippen LogP contribution is 2.26. The molecule has 0 bridgehead atoms. The van der Waals surface area contributed by atoms with E-state index in [-0.39, 0.29) is 5.38 Å². The normalized spacial score (nSPS) is 16.9. The van der Waals surface area contributed by atoms with Crippen LogP contribution in [0.15, 0.2) is 23.1 Å². The highest BCUT2D eigenvalue weighted by molar-refractivity contribution is 7.89. The molecule has 0 saturated carbocycles. The van der Waals surface area contributed by atoms with E-state index >= 15 is 0 Å². The van der Waals surface area contributed by atoms with Gasteiger partial charge in [0.1, 0.15) is 0 Å². The number of sulfonamides is 1. The van der Waals surface area contributed by atoms with E-state index in [1.54, 1.807) is 20.0 Å². The molecule has 0 spiro atoms. The van der Waals surface area contributed by atoms with Crippen molar-refractivity contribution >= 4 is 21.6 Å². The average molecular weight is 288 g/mol. The molecule has 0 amide bonds. The summed E-state index contributed by atoms with van der Waals surface area (Å²) in [4.78, 5) is 0.378. The van der Waals surface area contributed by atoms with Crippen LogP contribution in [0.4, 0.5) is 0 Å². The standard InChI is InChI=1S/C13H18ClNO2S/c1-10(14)9-15(2)18(16,17)13-7-6-11-4-3-5-12(11)8-13/h6-8,10H,3-5,9H2,1-2H3. The zero-order chi connectivity index (χ0) is 13.3. The van der Waals surface area contributed by atoms with Crippen molar-refractivity contribution in [3.8, 4) is 0 Å². The van der Waals surface area contributed by atoms with Crippen molar-refractivity contribution < 1.29 is 8.42 Å². The molecular weight excluding hydrogens is 270 g/mol. The van der Waals surface area contributed by atoms with Crippen molar-refractivity contribution in [2.24, 2.45) is 0 Å². The van der Waals surface area contributed by atoms with Crippen molar-refractivity contribution in [1.82, 2.24) is 4.31 Å². The molecule has 1 atom stereocenters. The van der Waals surface area contributed by atoms with Gasteiger partial charge >= 0.3 is 0 Å². The van der Waals surface area contributed by atoms with Gasteiger partial charge in [-0.2, -0.15) is 4.31 Å². The smallest absolute Gasteiger partial charge is 0.207 e. The number of nitrogens with zero attached hydrogens (tertiary/aromatic N) is 1. The molecule has 1 aliphatic rings. The fraction of sp³-hybridized carbons (Fsp3) is 0.538. The Bertz CT molecular complexity index is 540. The topological polar surface area (TPSA) is 37.4 Å². The minimum absolute atomic E-state index is 0.195. The Morgan fingerprint density at radius 3 is 2.67 bits per heavy atom. The van der Waals surface area contributed by atoms with E-state index in [9.17, 15) is 8.42 Å². The summed E-state index contributed by atoms with van der Waals surface area (Å²) in [6.45, 7) is 2.11. The zero-order valence-corrected chi connectivity index (χ0v) is 12.3. The summed E-state index contributed by atoms with van der Waals surface area (Å²) in [6.07, 6.45) is 3.16. The maximum atomic E-state index is 12.3. The number of hydrogen-bond acceptors (Lipinski definition) is 2. The third-order valence-corrected chi connectivity index (χ3v) is 5.24. The average Bonchev–Trinajstić information content (AvgIpc) is 2.74. The van der Waals surface area contributed by atoms with Gasteiger partial charge < -0.3 is 0 Å². The van der Waals surface area contributed by atoms with Crippen molar-refractivity contribution in [2.45, 2.75) is 36.5 Å². The van der Waals surface area contributed by atoms with Crippen LogP contribution in [0, 0.1) is 0 Å². The summed E-state index contributed by atoms with van der Waals surface area (Å²) in [7, 11) is -1.84. The van der Waals surface area contributed by atoms with Crippen LogP contribution in [0.3, 0.4) is 0 Å². The SMILES string of the molecule is CC(Cl)CN(C)S(=O)(=O)c1ccc2c(c1)CCC2. The van der Waals surface area contributed by atoms with E-state index in [2.05, 4.69) is 0 Å². The molecular formula is C13H18ClNO2S. The Kier molecular flexibility index (Phi) is 3.99. The molecule has 0 fully saturated rings. The third kappa shape index (κ3) is 2.71. The molecule has 18 heavy (non-hydrogen) atoms. The fourth-order valence-electron chi connectivity index (χ4n) is 2.34. The number of benzene rings is 1. The first-order valence-corrected chi connectivity index (χ1v) is 8.01. The van der Waals surface area contributed by atoms with E-state index in [0.29, 0.717) is 11.4 Å². The summed E-state index contributed by atoms with van der Waals surface area (Å²) in [5, 5.41) is -0.195. The molecule has 2 rings (SSSR count). The van der Waals surface area contributed by atoms with E-state index in [4.69, 9.17) is 11.6 Å². The van der Waals surface area contributed by atoms with Gasteiger partial charge in [-0.1, -0.05) is 6.07 Å². The minimum Gasteiger partial charge on any atom is -0.207 e. The van der Waals surface area contributed by atoms with Gasteiger partial charge in [-0.05, 0) is 49.4 Å². The van der Waals surface area contributed by atoms with Gasteiger partial charge in [0.2, 0.25) is 10.0 Å². The molecule has 0 N–H and O–H groups in total. The Morgan fingerprint density at radius 2 is 2.00 bits per heavy atom. The first kappa shape index (κ1) is 13.8. The van der Waals surface area contributed by atoms with Gasteiger partial charge in [0.25, 0.3) is 0 Å². The Balaban J connectivity index is 2.30. The lowest BCUT2D eigenvalue weighted by molar-refractivity contribution is 0.470. The maximum Gasteiger partial charge on any atom is 0.242 e. The maximum absolute atomic E-state index is 12.3. The summed E-state index contributed by atoms with van der Waals surface area (Å²) in [5.74, 6) is 0. The van der Waals surface area contributed by atoms with Gasteiger partial charge in [0, 0.05) is 19.0 Å². The highest BCUT2D eigenvalue weighted by atomic mass is 35.5. The van der Waals surface area contributed by atoms with Crippen LogP contribution in [0.25, 0.3) is 0 Å². The molecule has 1 unspecified atom stereocenters. The lowest BCUT2D eigenvalue weighted by atomic mass is 10.1. The van der Waals surface area contributed by atoms with E-state index in [1.165, 1.54) is 15.4 Å². The highest BCUT2D eigenvalue weighted by Gasteiger charge is 2.23. The molecule has 1 aromatic rings. The second-order valence-electron chi connectivity index (χ2n) is 4.85. The lowest BCUT2D eigenvalue weighted by Crippen LogP contribution is -2.31. The number of alkyl halides is 1. The second-order valence-corrected chi connectivity index (χ2v) is 7.64. The van der Waals surface area contributed by atoms with E-state index in [1.807, 2.05) is 12.1 Å². The predicted octanol–water partition coefficient (Wildman–Crippen LogP) is 2.42. The van der Waals surface area contributed by atoms with Crippen LogP contribution in [-0.4, -0.2) is 31.7 Å². The van der Waals surface area contributed by atoms with E-state index < -0.39 is 10.0 Å². The summed E-state index contributed by atoms with van der Waals surface area (Å²) >= 11 is 5.85. The van der Waals surface area contributed by atoms with Gasteiger partial charge in [-0.15, -0.1) is 11.6 Å². The van der Waals surface area contributed by atoms with Crippen LogP contribution in [-0.2, 0) is 22.9 Å². The molecule has 0 radical (unpaired) electrons. The number of hydrogen-bond donors (Lipinski definition) is 0. The zero-order valence-electron chi connectivity index (χ0n) is 10.7. The van der Waals surface area contributed by atoms with Gasteiger partial charge in [0.15, 0.2) is 0 Å². The van der Waals surface area contributed by atoms with Gasteiger partial charge in [-0.3, -0.25) is 0 Å². The first-order chi connectivity index (χ1) is 8.41. The lowest BCUT2D eigenvalue weighted by Gasteiger charge is -2.18. The molecule has 3 nitrogen and oxygen atoms in total. The molecule has 100 valence electrons. The first-order valence-electron chi connectivity index (χ1n) is 6.13. The molecule has 1 aromatic carbocycles. The minimum atomic E-state index is -3.41. The quantitative estimate of drug-likeness (QED) is 0.798. The van der Waals surface area contributed by atoms with Crippen LogP contribution in [0.2, 0.25) is 0 Å². The molecule has 0 saturated heterocycles. The number of fused-ring (bicyclic) bond motifs is 1. The Morgan fingerprint density at radius 1 is 1.33 bits per heavy atom. The van der Waals surface area contributed by atoms with Gasteiger partial charge in [-0.25, -0.2) is 8.42 Å². The molecule has 0 aromatic heterocycles. The molecule has 0 heterocycles. The Labute approximate surface area is 114 Å². The van der Waals surface area contributed by atoms with Crippen molar-refractivity contribution in [1.29, 1.82) is 0 Å². The van der Waals surface area contributed by atoms with Crippen molar-refractivity contribution in [3.05, 3.63) is 29.3 Å². The van der Waals surface area contributed by atoms with Gasteiger partial charge in [0.05, 0.1) is 4.90 Å². The number of aryl methyl sites for hydroxylation is 2. The monoisotopic (exact) mass is 287 g/mol. The van der Waals surface area contributed by atoms with Crippen molar-refractivity contribution in [2.75, 3.05) is 13.6 Å². The second kappa shape index (κ2) is 5.19. The van der Waals surface area contributed by atoms with Crippen LogP contribution in [0.5, 0.6) is 0 Å². The number of halogens is 1. The number of rotatable bonds is 4.